The zero-order chi connectivity index (χ0) is 23.7. The lowest BCUT2D eigenvalue weighted by Crippen LogP contribution is -2.29. The van der Waals surface area contributed by atoms with Crippen molar-refractivity contribution in [3.8, 4) is 11.3 Å². The van der Waals surface area contributed by atoms with E-state index in [9.17, 15) is 19.5 Å². The normalized spacial score (nSPS) is 14.7. The first-order valence-electron chi connectivity index (χ1n) is 11.5. The summed E-state index contributed by atoms with van der Waals surface area (Å²) in [5.74, 6) is -0.968. The van der Waals surface area contributed by atoms with Gasteiger partial charge in [-0.15, -0.1) is 11.3 Å². The predicted octanol–water partition coefficient (Wildman–Crippen LogP) is 4.10. The van der Waals surface area contributed by atoms with Crippen molar-refractivity contribution >= 4 is 34.6 Å². The first-order chi connectivity index (χ1) is 16.5. The third kappa shape index (κ3) is 4.24. The number of aromatic amines is 1. The van der Waals surface area contributed by atoms with Crippen LogP contribution in [0.15, 0.2) is 24.3 Å². The minimum absolute atomic E-state index is 0.227. The number of nitrogens with one attached hydrogen (secondary N) is 4. The zero-order valence-corrected chi connectivity index (χ0v) is 19.4. The molecule has 8 nitrogen and oxygen atoms in total. The van der Waals surface area contributed by atoms with Gasteiger partial charge in [-0.1, -0.05) is 12.1 Å². The summed E-state index contributed by atoms with van der Waals surface area (Å²) in [5.41, 5.74) is 6.92. The van der Waals surface area contributed by atoms with Crippen LogP contribution in [0.2, 0.25) is 0 Å². The second-order valence-corrected chi connectivity index (χ2v) is 9.73. The van der Waals surface area contributed by atoms with E-state index in [0.29, 0.717) is 23.7 Å². The standard InChI is InChI=1S/C25H26N4O4S/c30-13-19-17-3-1-2-4-21(17)34-23(19)29-25(33)27-11-18-16-9-10-26-12-20(16)28-22(18)14-5-7-15(8-6-14)24(31)32/h5-8,13,26,28H,1-4,9-12H2,(H,31,32)(H2,27,29,33). The molecule has 5 N–H and O–H groups in total. The summed E-state index contributed by atoms with van der Waals surface area (Å²) in [7, 11) is 0. The van der Waals surface area contributed by atoms with E-state index in [2.05, 4.69) is 20.9 Å². The van der Waals surface area contributed by atoms with Crippen molar-refractivity contribution in [2.24, 2.45) is 0 Å². The van der Waals surface area contributed by atoms with Crippen LogP contribution in [0.25, 0.3) is 11.3 Å². The number of fused-ring (bicyclic) bond motifs is 2. The Balaban J connectivity index is 1.37. The Morgan fingerprint density at radius 3 is 2.65 bits per heavy atom. The molecule has 34 heavy (non-hydrogen) atoms. The highest BCUT2D eigenvalue weighted by molar-refractivity contribution is 7.16. The smallest absolute Gasteiger partial charge is 0.335 e. The molecule has 0 saturated carbocycles. The molecule has 0 saturated heterocycles. The number of carboxylic acid groups (broad SMARTS) is 1. The van der Waals surface area contributed by atoms with Crippen LogP contribution < -0.4 is 16.0 Å². The number of aromatic carboxylic acids is 1. The lowest BCUT2D eigenvalue weighted by atomic mass is 9.96. The summed E-state index contributed by atoms with van der Waals surface area (Å²) in [5, 5.41) is 19.0. The van der Waals surface area contributed by atoms with Crippen LogP contribution in [0.3, 0.4) is 0 Å². The van der Waals surface area contributed by atoms with Gasteiger partial charge in [0.2, 0.25) is 0 Å². The van der Waals surface area contributed by atoms with E-state index in [1.54, 1.807) is 24.3 Å². The fraction of sp³-hybridized carbons (Fsp3) is 0.320. The molecule has 1 aliphatic heterocycles. The molecule has 3 heterocycles. The van der Waals surface area contributed by atoms with Gasteiger partial charge in [-0.3, -0.25) is 10.1 Å². The molecule has 0 bridgehead atoms. The van der Waals surface area contributed by atoms with Crippen LogP contribution >= 0.6 is 11.3 Å². The number of H-pyrrole nitrogens is 1. The Morgan fingerprint density at radius 1 is 1.09 bits per heavy atom. The molecule has 2 aliphatic rings. The molecule has 0 spiro atoms. The number of carbonyl (C=O) groups excluding carboxylic acids is 2. The molecule has 5 rings (SSSR count). The van der Waals surface area contributed by atoms with Crippen molar-refractivity contribution < 1.29 is 19.5 Å². The lowest BCUT2D eigenvalue weighted by Gasteiger charge is -2.15. The number of rotatable bonds is 6. The molecule has 0 atom stereocenters. The SMILES string of the molecule is O=Cc1c(NC(=O)NCc2c(-c3ccc(C(=O)O)cc3)[nH]c3c2CCNC3)sc2c1CCCC2. The number of benzene rings is 1. The topological polar surface area (TPSA) is 123 Å². The van der Waals surface area contributed by atoms with Crippen LogP contribution in [0.1, 0.15) is 60.8 Å². The van der Waals surface area contributed by atoms with Crippen LogP contribution in [0.5, 0.6) is 0 Å². The maximum atomic E-state index is 12.8. The number of hydrogen-bond acceptors (Lipinski definition) is 5. The maximum absolute atomic E-state index is 12.8. The minimum atomic E-state index is -0.968. The van der Waals surface area contributed by atoms with E-state index in [4.69, 9.17) is 0 Å². The van der Waals surface area contributed by atoms with Gasteiger partial charge < -0.3 is 20.7 Å². The van der Waals surface area contributed by atoms with E-state index < -0.39 is 5.97 Å². The fourth-order valence-electron chi connectivity index (χ4n) is 4.86. The van der Waals surface area contributed by atoms with E-state index in [0.717, 1.165) is 73.0 Å². The molecule has 3 aromatic rings. The number of carbonyl (C=O) groups is 3. The highest BCUT2D eigenvalue weighted by Gasteiger charge is 2.23. The van der Waals surface area contributed by atoms with Crippen LogP contribution in [0.4, 0.5) is 9.80 Å². The van der Waals surface area contributed by atoms with Crippen LogP contribution in [-0.4, -0.2) is 34.9 Å². The van der Waals surface area contributed by atoms with Crippen molar-refractivity contribution in [2.75, 3.05) is 11.9 Å². The number of thiophene rings is 1. The minimum Gasteiger partial charge on any atom is -0.478 e. The fourth-order valence-corrected chi connectivity index (χ4v) is 6.11. The number of urea groups is 1. The Kier molecular flexibility index (Phi) is 6.21. The number of carboxylic acids is 1. The average molecular weight is 479 g/mol. The zero-order valence-electron chi connectivity index (χ0n) is 18.6. The molecular weight excluding hydrogens is 452 g/mol. The van der Waals surface area contributed by atoms with Gasteiger partial charge in [0, 0.05) is 29.2 Å². The number of anilines is 1. The number of amides is 2. The van der Waals surface area contributed by atoms with Gasteiger partial charge in [-0.2, -0.15) is 0 Å². The van der Waals surface area contributed by atoms with E-state index in [1.165, 1.54) is 21.8 Å². The number of aldehydes is 1. The van der Waals surface area contributed by atoms with Gasteiger partial charge in [-0.05, 0) is 67.5 Å². The summed E-state index contributed by atoms with van der Waals surface area (Å²) in [6.07, 6.45) is 5.71. The number of aryl methyl sites for hydroxylation is 1. The van der Waals surface area contributed by atoms with Gasteiger partial charge in [0.15, 0.2) is 6.29 Å². The molecule has 1 aliphatic carbocycles. The van der Waals surface area contributed by atoms with Crippen LogP contribution in [-0.2, 0) is 32.4 Å². The Labute approximate surface area is 200 Å². The summed E-state index contributed by atoms with van der Waals surface area (Å²) in [6, 6.07) is 6.38. The Hall–Kier alpha value is -3.43. The van der Waals surface area contributed by atoms with E-state index in [-0.39, 0.29) is 11.6 Å². The molecular formula is C25H26N4O4S. The van der Waals surface area contributed by atoms with Crippen LogP contribution in [0, 0.1) is 0 Å². The molecule has 0 fully saturated rings. The predicted molar refractivity (Wildman–Crippen MR) is 131 cm³/mol. The molecule has 0 unspecified atom stereocenters. The molecule has 176 valence electrons. The molecule has 2 aromatic heterocycles. The largest absolute Gasteiger partial charge is 0.478 e. The Bertz CT molecular complexity index is 1260. The van der Waals surface area contributed by atoms with E-state index in [1.807, 2.05) is 0 Å². The highest BCUT2D eigenvalue weighted by atomic mass is 32.1. The van der Waals surface area contributed by atoms with Crippen molar-refractivity contribution in [3.05, 3.63) is 62.7 Å². The first-order valence-corrected chi connectivity index (χ1v) is 12.3. The summed E-state index contributed by atoms with van der Waals surface area (Å²) < 4.78 is 0. The number of hydrogen-bond donors (Lipinski definition) is 5. The first kappa shape index (κ1) is 22.4. The summed E-state index contributed by atoms with van der Waals surface area (Å²) >= 11 is 1.50. The molecule has 9 heteroatoms. The van der Waals surface area contributed by atoms with Gasteiger partial charge >= 0.3 is 12.0 Å². The van der Waals surface area contributed by atoms with Gasteiger partial charge in [0.25, 0.3) is 0 Å². The maximum Gasteiger partial charge on any atom is 0.335 e. The molecule has 2 amide bonds. The summed E-state index contributed by atoms with van der Waals surface area (Å²) in [6.45, 7) is 1.88. The average Bonchev–Trinajstić information content (AvgIpc) is 3.40. The summed E-state index contributed by atoms with van der Waals surface area (Å²) in [4.78, 5) is 40.4. The second kappa shape index (κ2) is 9.44. The van der Waals surface area contributed by atoms with Crippen molar-refractivity contribution in [1.29, 1.82) is 0 Å². The molecule has 1 aromatic carbocycles. The van der Waals surface area contributed by atoms with Crippen molar-refractivity contribution in [1.82, 2.24) is 15.6 Å². The third-order valence-corrected chi connectivity index (χ3v) is 7.79. The quantitative estimate of drug-likeness (QED) is 0.341. The van der Waals surface area contributed by atoms with Gasteiger partial charge in [0.05, 0.1) is 16.8 Å². The van der Waals surface area contributed by atoms with Gasteiger partial charge in [0.1, 0.15) is 5.00 Å². The van der Waals surface area contributed by atoms with Crippen molar-refractivity contribution in [3.63, 3.8) is 0 Å². The van der Waals surface area contributed by atoms with E-state index >= 15 is 0 Å². The monoisotopic (exact) mass is 478 g/mol. The second-order valence-electron chi connectivity index (χ2n) is 8.62. The molecule has 0 radical (unpaired) electrons. The van der Waals surface area contributed by atoms with Gasteiger partial charge in [-0.25, -0.2) is 9.59 Å². The lowest BCUT2D eigenvalue weighted by molar-refractivity contribution is 0.0696. The Morgan fingerprint density at radius 2 is 1.88 bits per heavy atom. The third-order valence-electron chi connectivity index (χ3n) is 6.56. The highest BCUT2D eigenvalue weighted by Crippen LogP contribution is 2.37. The number of aromatic nitrogens is 1. The van der Waals surface area contributed by atoms with Crippen molar-refractivity contribution in [2.45, 2.75) is 45.2 Å².